The molecule has 6 rings (SSSR count). The van der Waals surface area contributed by atoms with E-state index < -0.39 is 11.6 Å². The normalized spacial score (nSPS) is 20.7. The van der Waals surface area contributed by atoms with Crippen LogP contribution in [-0.2, 0) is 11.2 Å². The number of hydrogen-bond donors (Lipinski definition) is 0. The fourth-order valence-corrected chi connectivity index (χ4v) is 6.18. The van der Waals surface area contributed by atoms with Gasteiger partial charge in [-0.2, -0.15) is 0 Å². The molecule has 0 spiro atoms. The lowest BCUT2D eigenvalue weighted by Crippen LogP contribution is -2.52. The first-order chi connectivity index (χ1) is 17.1. The third kappa shape index (κ3) is 4.13. The molecule has 178 valence electrons. The maximum absolute atomic E-state index is 13.7. The van der Waals surface area contributed by atoms with Gasteiger partial charge in [0.2, 0.25) is 0 Å². The van der Waals surface area contributed by atoms with E-state index in [1.54, 1.807) is 0 Å². The van der Waals surface area contributed by atoms with E-state index in [1.807, 2.05) is 29.2 Å². The van der Waals surface area contributed by atoms with Gasteiger partial charge in [0, 0.05) is 18.0 Å². The van der Waals surface area contributed by atoms with Gasteiger partial charge in [-0.05, 0) is 72.1 Å². The average molecular weight is 472 g/mol. The van der Waals surface area contributed by atoms with Crippen LogP contribution in [0.5, 0.6) is 0 Å². The standard InChI is InChI=1S/C30H27F2NO2/c31-21-13-19(14-22(32)17-21)12-20-15-23-6-5-7-24(16-20)33(23)30(34)35-18-29-27-10-3-1-8-25(27)26-9-2-4-11-28(26)29/h1-4,8-11,13-15,17,23-24,29H,5-7,12,16,18H2. The van der Waals surface area contributed by atoms with Crippen LogP contribution in [-0.4, -0.2) is 29.7 Å². The van der Waals surface area contributed by atoms with Crippen LogP contribution in [0.25, 0.3) is 11.1 Å². The van der Waals surface area contributed by atoms with Crippen molar-refractivity contribution in [3.05, 3.63) is 107 Å². The number of amides is 1. The van der Waals surface area contributed by atoms with E-state index in [9.17, 15) is 13.6 Å². The Morgan fingerprint density at radius 2 is 1.57 bits per heavy atom. The number of hydrogen-bond acceptors (Lipinski definition) is 2. The Kier molecular flexibility index (Phi) is 5.63. The van der Waals surface area contributed by atoms with Gasteiger partial charge in [0.15, 0.2) is 0 Å². The maximum atomic E-state index is 13.7. The number of halogens is 2. The van der Waals surface area contributed by atoms with Crippen molar-refractivity contribution in [1.29, 1.82) is 0 Å². The lowest BCUT2D eigenvalue weighted by Gasteiger charge is -2.44. The molecule has 1 fully saturated rings. The summed E-state index contributed by atoms with van der Waals surface area (Å²) in [7, 11) is 0. The van der Waals surface area contributed by atoms with Gasteiger partial charge in [0.1, 0.15) is 18.2 Å². The van der Waals surface area contributed by atoms with Gasteiger partial charge in [-0.1, -0.05) is 60.2 Å². The van der Waals surface area contributed by atoms with Gasteiger partial charge in [-0.15, -0.1) is 0 Å². The molecule has 2 aliphatic heterocycles. The number of carbonyl (C=O) groups excluding carboxylic acids is 1. The third-order valence-corrected chi connectivity index (χ3v) is 7.61. The summed E-state index contributed by atoms with van der Waals surface area (Å²) in [5.41, 5.74) is 6.57. The minimum absolute atomic E-state index is 0.0324. The molecule has 0 saturated carbocycles. The quantitative estimate of drug-likeness (QED) is 0.383. The second-order valence-electron chi connectivity index (χ2n) is 9.85. The van der Waals surface area contributed by atoms with Crippen molar-refractivity contribution in [2.75, 3.05) is 6.61 Å². The van der Waals surface area contributed by atoms with Crippen molar-refractivity contribution >= 4 is 6.09 Å². The Morgan fingerprint density at radius 1 is 0.914 bits per heavy atom. The summed E-state index contributed by atoms with van der Waals surface area (Å²) in [6, 6.07) is 20.3. The molecular weight excluding hydrogens is 444 g/mol. The van der Waals surface area contributed by atoms with E-state index in [2.05, 4.69) is 30.3 Å². The van der Waals surface area contributed by atoms with Crippen LogP contribution in [0.15, 0.2) is 78.4 Å². The van der Waals surface area contributed by atoms with E-state index in [0.717, 1.165) is 30.9 Å². The number of piperidine rings is 1. The minimum Gasteiger partial charge on any atom is -0.448 e. The van der Waals surface area contributed by atoms with Gasteiger partial charge in [-0.25, -0.2) is 13.6 Å². The molecule has 2 atom stereocenters. The summed E-state index contributed by atoms with van der Waals surface area (Å²) < 4.78 is 33.3. The zero-order valence-corrected chi connectivity index (χ0v) is 19.4. The summed E-state index contributed by atoms with van der Waals surface area (Å²) in [6.45, 7) is 0.307. The first-order valence-corrected chi connectivity index (χ1v) is 12.3. The number of rotatable bonds is 4. The number of fused-ring (bicyclic) bond motifs is 5. The number of nitrogens with zero attached hydrogens (tertiary/aromatic N) is 1. The maximum Gasteiger partial charge on any atom is 0.410 e. The van der Waals surface area contributed by atoms with E-state index >= 15 is 0 Å². The third-order valence-electron chi connectivity index (χ3n) is 7.61. The highest BCUT2D eigenvalue weighted by Gasteiger charge is 2.38. The molecule has 3 aromatic rings. The van der Waals surface area contributed by atoms with Crippen LogP contribution < -0.4 is 0 Å². The fraction of sp³-hybridized carbons (Fsp3) is 0.300. The van der Waals surface area contributed by atoms with Gasteiger partial charge in [-0.3, -0.25) is 4.90 Å². The fourth-order valence-electron chi connectivity index (χ4n) is 6.18. The van der Waals surface area contributed by atoms with Gasteiger partial charge in [0.25, 0.3) is 0 Å². The highest BCUT2D eigenvalue weighted by Crippen LogP contribution is 2.45. The molecule has 3 nitrogen and oxygen atoms in total. The molecule has 0 N–H and O–H groups in total. The van der Waals surface area contributed by atoms with Gasteiger partial charge >= 0.3 is 6.09 Å². The second-order valence-corrected chi connectivity index (χ2v) is 9.85. The second kappa shape index (κ2) is 8.95. The summed E-state index contributed by atoms with van der Waals surface area (Å²) in [6.07, 6.45) is 5.89. The molecule has 3 aromatic carbocycles. The molecule has 0 radical (unpaired) electrons. The van der Waals surface area contributed by atoms with E-state index in [0.29, 0.717) is 25.0 Å². The SMILES string of the molecule is O=C(OCC1c2ccccc2-c2ccccc21)N1C2C=C(Cc3cc(F)cc(F)c3)CC1CCC2. The summed E-state index contributed by atoms with van der Waals surface area (Å²) in [5, 5.41) is 0. The zero-order valence-electron chi connectivity index (χ0n) is 19.4. The van der Waals surface area contributed by atoms with Crippen molar-refractivity contribution in [3.63, 3.8) is 0 Å². The van der Waals surface area contributed by atoms with Crippen LogP contribution in [0.3, 0.4) is 0 Å². The highest BCUT2D eigenvalue weighted by molar-refractivity contribution is 5.79. The first-order valence-electron chi connectivity index (χ1n) is 12.3. The number of benzene rings is 3. The van der Waals surface area contributed by atoms with Crippen LogP contribution in [0, 0.1) is 11.6 Å². The molecular formula is C30H27F2NO2. The average Bonchev–Trinajstić information content (AvgIpc) is 3.15. The monoisotopic (exact) mass is 471 g/mol. The molecule has 2 unspecified atom stereocenters. The Bertz CT molecular complexity index is 1250. The molecule has 35 heavy (non-hydrogen) atoms. The van der Waals surface area contributed by atoms with Crippen LogP contribution in [0.2, 0.25) is 0 Å². The molecule has 1 amide bonds. The van der Waals surface area contributed by atoms with Gasteiger partial charge in [0.05, 0.1) is 6.04 Å². The summed E-state index contributed by atoms with van der Waals surface area (Å²) in [4.78, 5) is 15.2. The molecule has 1 aliphatic carbocycles. The predicted octanol–water partition coefficient (Wildman–Crippen LogP) is 7.01. The van der Waals surface area contributed by atoms with Crippen molar-refractivity contribution in [2.45, 2.75) is 50.1 Å². The minimum atomic E-state index is -0.558. The van der Waals surface area contributed by atoms with Crippen molar-refractivity contribution in [3.8, 4) is 11.1 Å². The summed E-state index contributed by atoms with van der Waals surface area (Å²) in [5.74, 6) is -1.08. The van der Waals surface area contributed by atoms with E-state index in [-0.39, 0.29) is 24.1 Å². The Hall–Kier alpha value is -3.47. The number of carbonyl (C=O) groups is 1. The molecule has 2 bridgehead atoms. The van der Waals surface area contributed by atoms with E-state index in [4.69, 9.17) is 4.74 Å². The van der Waals surface area contributed by atoms with Crippen LogP contribution in [0.4, 0.5) is 13.6 Å². The molecule has 3 aliphatic rings. The largest absolute Gasteiger partial charge is 0.448 e. The molecule has 0 aromatic heterocycles. The van der Waals surface area contributed by atoms with Crippen LogP contribution in [0.1, 0.15) is 48.3 Å². The topological polar surface area (TPSA) is 29.5 Å². The molecule has 5 heteroatoms. The molecule has 2 heterocycles. The Labute approximate surface area is 204 Å². The Morgan fingerprint density at radius 3 is 2.23 bits per heavy atom. The smallest absolute Gasteiger partial charge is 0.410 e. The lowest BCUT2D eigenvalue weighted by atomic mass is 9.83. The van der Waals surface area contributed by atoms with Crippen molar-refractivity contribution in [1.82, 2.24) is 4.90 Å². The van der Waals surface area contributed by atoms with Crippen molar-refractivity contribution in [2.24, 2.45) is 0 Å². The molecule has 1 saturated heterocycles. The zero-order chi connectivity index (χ0) is 23.9. The van der Waals surface area contributed by atoms with Gasteiger partial charge < -0.3 is 4.74 Å². The van der Waals surface area contributed by atoms with E-state index in [1.165, 1.54) is 34.4 Å². The van der Waals surface area contributed by atoms with Crippen molar-refractivity contribution < 1.29 is 18.3 Å². The summed E-state index contributed by atoms with van der Waals surface area (Å²) >= 11 is 0. The Balaban J connectivity index is 1.18. The number of ether oxygens (including phenoxy) is 1. The van der Waals surface area contributed by atoms with Crippen LogP contribution >= 0.6 is 0 Å². The predicted molar refractivity (Wildman–Crippen MR) is 131 cm³/mol. The highest BCUT2D eigenvalue weighted by atomic mass is 19.1. The first kappa shape index (κ1) is 22.0. The lowest BCUT2D eigenvalue weighted by molar-refractivity contribution is 0.0509.